The number of unbranched alkanes of at least 4 members (excludes halogenated alkanes) is 26. The van der Waals surface area contributed by atoms with Crippen LogP contribution < -0.4 is 10.7 Å². The molecule has 0 aromatic rings. The third-order valence-electron chi connectivity index (χ3n) is 13.1. The predicted octanol–water partition coefficient (Wildman–Crippen LogP) is 12.9. The third kappa shape index (κ3) is 42.5. The zero-order chi connectivity index (χ0) is 52.8. The van der Waals surface area contributed by atoms with E-state index in [-0.39, 0.29) is 50.6 Å². The lowest BCUT2D eigenvalue weighted by atomic mass is 10.0. The Morgan fingerprint density at radius 3 is 1.46 bits per heavy atom. The van der Waals surface area contributed by atoms with Gasteiger partial charge in [-0.15, -0.1) is 0 Å². The van der Waals surface area contributed by atoms with Crippen LogP contribution in [0.25, 0.3) is 0 Å². The number of ether oxygens (including phenoxy) is 2. The van der Waals surface area contributed by atoms with Crippen molar-refractivity contribution in [3.05, 3.63) is 0 Å². The van der Waals surface area contributed by atoms with Gasteiger partial charge in [-0.25, -0.2) is 14.4 Å². The van der Waals surface area contributed by atoms with Crippen LogP contribution in [0.3, 0.4) is 0 Å². The molecule has 0 aromatic carbocycles. The van der Waals surface area contributed by atoms with Gasteiger partial charge in [-0.3, -0.25) is 29.1 Å². The van der Waals surface area contributed by atoms with Crippen LogP contribution in [0.1, 0.15) is 285 Å². The van der Waals surface area contributed by atoms with Crippen molar-refractivity contribution < 1.29 is 57.4 Å². The van der Waals surface area contributed by atoms with Gasteiger partial charge in [0.15, 0.2) is 0 Å². The molecule has 0 radical (unpaired) electrons. The maximum atomic E-state index is 13.8. The van der Waals surface area contributed by atoms with Crippen LogP contribution in [0.4, 0.5) is 0 Å². The van der Waals surface area contributed by atoms with Gasteiger partial charge in [0.1, 0.15) is 18.8 Å². The van der Waals surface area contributed by atoms with Gasteiger partial charge in [-0.05, 0) is 38.5 Å². The monoisotopic (exact) mass is 1030 g/mol. The summed E-state index contributed by atoms with van der Waals surface area (Å²) in [6.07, 6.45) is 32.2. The van der Waals surface area contributed by atoms with Crippen molar-refractivity contribution in [2.24, 2.45) is 0 Å². The molecule has 5 N–H and O–H groups in total. The quantitative estimate of drug-likeness (QED) is 0.0166. The highest BCUT2D eigenvalue weighted by molar-refractivity contribution is 7.46. The van der Waals surface area contributed by atoms with Crippen LogP contribution in [-0.2, 0) is 42.5 Å². The molecule has 0 aliphatic heterocycles. The predicted molar refractivity (Wildman–Crippen MR) is 284 cm³/mol. The summed E-state index contributed by atoms with van der Waals surface area (Å²) in [6, 6.07) is -2.19. The Kier molecular flexibility index (Phi) is 45.4. The zero-order valence-corrected chi connectivity index (χ0v) is 46.6. The molecule has 0 aliphatic carbocycles. The first kappa shape index (κ1) is 68.4. The second-order valence-corrected chi connectivity index (χ2v) is 21.3. The molecule has 3 amide bonds. The van der Waals surface area contributed by atoms with Gasteiger partial charge in [0.25, 0.3) is 0 Å². The molecule has 2 unspecified atom stereocenters. The van der Waals surface area contributed by atoms with E-state index in [0.717, 1.165) is 83.5 Å². The number of carbonyl (C=O) groups excluding carboxylic acids is 5. The zero-order valence-electron chi connectivity index (χ0n) is 45.7. The average molecular weight is 1030 g/mol. The summed E-state index contributed by atoms with van der Waals surface area (Å²) < 4.78 is 27.9. The Bertz CT molecular complexity index is 1380. The van der Waals surface area contributed by atoms with Gasteiger partial charge in [0.05, 0.1) is 31.6 Å². The van der Waals surface area contributed by atoms with Gasteiger partial charge in [0, 0.05) is 19.3 Å². The number of aliphatic hydroxyl groups excluding tert-OH is 1. The van der Waals surface area contributed by atoms with Crippen LogP contribution in [-0.4, -0.2) is 87.1 Å². The number of hydrogen-bond acceptors (Lipinski definition) is 10. The first-order valence-corrected chi connectivity index (χ1v) is 30.4. The fourth-order valence-corrected chi connectivity index (χ4v) is 9.14. The lowest BCUT2D eigenvalue weighted by molar-refractivity contribution is -0.156. The van der Waals surface area contributed by atoms with Crippen molar-refractivity contribution in [1.82, 2.24) is 15.8 Å². The minimum Gasteiger partial charge on any atom is -0.462 e. The van der Waals surface area contributed by atoms with Crippen molar-refractivity contribution >= 4 is 37.5 Å². The number of carbonyl (C=O) groups is 5. The van der Waals surface area contributed by atoms with E-state index in [1.807, 2.05) is 13.8 Å². The van der Waals surface area contributed by atoms with Crippen molar-refractivity contribution in [3.8, 4) is 0 Å². The smallest absolute Gasteiger partial charge is 0.462 e. The Hall–Kier alpha value is -2.58. The second-order valence-electron chi connectivity index (χ2n) is 20.0. The maximum Gasteiger partial charge on any atom is 0.469 e. The molecule has 4 atom stereocenters. The molecule has 0 saturated heterocycles. The molecule has 16 heteroatoms. The van der Waals surface area contributed by atoms with Crippen LogP contribution in [0.2, 0.25) is 0 Å². The highest BCUT2D eigenvalue weighted by atomic mass is 31.2. The molecule has 0 aromatic heterocycles. The number of amides is 3. The molecule has 15 nitrogen and oxygen atoms in total. The summed E-state index contributed by atoms with van der Waals surface area (Å²) >= 11 is 0. The summed E-state index contributed by atoms with van der Waals surface area (Å²) in [5, 5.41) is 14.6. The highest BCUT2D eigenvalue weighted by Gasteiger charge is 2.31. The fraction of sp³-hybridized carbons (Fsp3) is 0.909. The number of aliphatic hydroxyl groups is 1. The summed E-state index contributed by atoms with van der Waals surface area (Å²) in [7, 11) is -4.92. The number of esters is 2. The number of rotatable bonds is 50. The second kappa shape index (κ2) is 47.2. The fourth-order valence-electron chi connectivity index (χ4n) is 8.80. The van der Waals surface area contributed by atoms with E-state index in [9.17, 15) is 43.4 Å². The normalized spacial score (nSPS) is 13.3. The Morgan fingerprint density at radius 2 is 0.972 bits per heavy atom. The molecule has 0 fully saturated rings. The van der Waals surface area contributed by atoms with Crippen molar-refractivity contribution in [1.29, 1.82) is 0 Å². The first-order chi connectivity index (χ1) is 34.2. The maximum absolute atomic E-state index is 13.8. The molecular weight excluding hydrogens is 926 g/mol. The van der Waals surface area contributed by atoms with Crippen molar-refractivity contribution in [2.45, 2.75) is 309 Å². The summed E-state index contributed by atoms with van der Waals surface area (Å²) in [5.74, 6) is -2.79. The molecule has 418 valence electrons. The number of nitrogens with zero attached hydrogens (tertiary/aromatic N) is 1. The standard InChI is InChI=1S/C55H106N3O12P/c1-6-11-15-18-21-24-27-30-34-38-48(59)44-52(61)57-58(53(62)40-33-14-9-4)47(37-10-5)46-68-55(64)50(42-43-69-71(65,66)67)56-51(60)45-49(39-35-31-28-25-22-19-16-12-7-2)70-54(63)41-36-32-29-26-23-20-17-13-8-3/h47-50,59H,6-46H2,1-5H3,(H,56,60)(H,57,61)(H2,65,66,67)/t47?,48-,49-,50?/m1/s1. The molecule has 0 aliphatic rings. The molecule has 0 heterocycles. The number of phosphoric ester groups is 1. The Labute approximate surface area is 431 Å². The van der Waals surface area contributed by atoms with Crippen molar-refractivity contribution in [2.75, 3.05) is 13.2 Å². The number of phosphoric acid groups is 1. The molecule has 0 saturated carbocycles. The third-order valence-corrected chi connectivity index (χ3v) is 13.6. The average Bonchev–Trinajstić information content (AvgIpc) is 3.32. The van der Waals surface area contributed by atoms with Crippen LogP contribution in [0, 0.1) is 0 Å². The van der Waals surface area contributed by atoms with Crippen LogP contribution >= 0.6 is 7.82 Å². The van der Waals surface area contributed by atoms with E-state index in [1.54, 1.807) is 0 Å². The van der Waals surface area contributed by atoms with E-state index in [1.165, 1.54) is 101 Å². The van der Waals surface area contributed by atoms with E-state index in [4.69, 9.17) is 9.47 Å². The number of nitrogens with one attached hydrogen (secondary N) is 2. The topological polar surface area (TPSA) is 218 Å². The van der Waals surface area contributed by atoms with Gasteiger partial charge >= 0.3 is 19.8 Å². The van der Waals surface area contributed by atoms with Gasteiger partial charge in [-0.1, -0.05) is 214 Å². The van der Waals surface area contributed by atoms with E-state index in [0.29, 0.717) is 38.5 Å². The van der Waals surface area contributed by atoms with Crippen LogP contribution in [0.5, 0.6) is 0 Å². The molecule has 0 rings (SSSR count). The van der Waals surface area contributed by atoms with E-state index < -0.39 is 56.5 Å². The molecule has 0 bridgehead atoms. The highest BCUT2D eigenvalue weighted by Crippen LogP contribution is 2.35. The summed E-state index contributed by atoms with van der Waals surface area (Å²) in [4.78, 5) is 86.4. The van der Waals surface area contributed by atoms with Crippen molar-refractivity contribution in [3.63, 3.8) is 0 Å². The minimum atomic E-state index is -4.92. The summed E-state index contributed by atoms with van der Waals surface area (Å²) in [6.45, 7) is 9.57. The largest absolute Gasteiger partial charge is 0.469 e. The number of hydrazine groups is 1. The van der Waals surface area contributed by atoms with Gasteiger partial charge in [-0.2, -0.15) is 0 Å². The summed E-state index contributed by atoms with van der Waals surface area (Å²) in [5.41, 5.74) is 2.71. The van der Waals surface area contributed by atoms with Gasteiger partial charge < -0.3 is 29.7 Å². The lowest BCUT2D eigenvalue weighted by Crippen LogP contribution is -2.54. The number of hydrogen-bond donors (Lipinski definition) is 5. The molecule has 71 heavy (non-hydrogen) atoms. The first-order valence-electron chi connectivity index (χ1n) is 28.9. The minimum absolute atomic E-state index is 0.145. The lowest BCUT2D eigenvalue weighted by Gasteiger charge is -2.32. The Morgan fingerprint density at radius 1 is 0.521 bits per heavy atom. The van der Waals surface area contributed by atoms with E-state index in [2.05, 4.69) is 36.0 Å². The van der Waals surface area contributed by atoms with E-state index >= 15 is 0 Å². The molecule has 0 spiro atoms. The molecular formula is C55H106N3O12P. The van der Waals surface area contributed by atoms with Gasteiger partial charge in [0.2, 0.25) is 17.7 Å². The SMILES string of the molecule is CCCCCCCCCCCC(=O)O[C@H](CCCCCCCCCCC)CC(=O)NC(CCOP(=O)(O)O)C(=O)OCC(CCC)N(NC(=O)C[C@H](O)CCCCCCCCCCC)C(=O)CCCCC. The Balaban J connectivity index is 5.88. The van der Waals surface area contributed by atoms with Crippen LogP contribution in [0.15, 0.2) is 0 Å².